The maximum Gasteiger partial charge on any atom is 0.291 e. The standard InChI is InChI=1S/C18H9Cl2IN2O2/c19-11-2-3-12(13(20)8-11)16-5-6-17(25-16)18(24)23-15-4-1-10(9-22)7-14(15)21/h1-8H,(H,23,24). The van der Waals surface area contributed by atoms with Gasteiger partial charge in [-0.3, -0.25) is 4.79 Å². The Kier molecular flexibility index (Phi) is 5.33. The summed E-state index contributed by atoms with van der Waals surface area (Å²) in [7, 11) is 0. The molecule has 0 fully saturated rings. The van der Waals surface area contributed by atoms with Crippen molar-refractivity contribution in [3.8, 4) is 17.4 Å². The zero-order chi connectivity index (χ0) is 18.0. The Labute approximate surface area is 167 Å². The van der Waals surface area contributed by atoms with Gasteiger partial charge in [0.15, 0.2) is 5.76 Å². The topological polar surface area (TPSA) is 66.0 Å². The molecule has 1 N–H and O–H groups in total. The van der Waals surface area contributed by atoms with Crippen LogP contribution in [0, 0.1) is 14.9 Å². The fraction of sp³-hybridized carbons (Fsp3) is 0. The number of halogens is 3. The second-order valence-electron chi connectivity index (χ2n) is 5.05. The van der Waals surface area contributed by atoms with Crippen LogP contribution in [0.5, 0.6) is 0 Å². The highest BCUT2D eigenvalue weighted by Crippen LogP contribution is 2.31. The summed E-state index contributed by atoms with van der Waals surface area (Å²) in [5, 5.41) is 12.6. The highest BCUT2D eigenvalue weighted by molar-refractivity contribution is 14.1. The van der Waals surface area contributed by atoms with Crippen LogP contribution in [0.1, 0.15) is 16.1 Å². The van der Waals surface area contributed by atoms with E-state index in [-0.39, 0.29) is 11.7 Å². The van der Waals surface area contributed by atoms with Crippen LogP contribution in [0.15, 0.2) is 52.9 Å². The van der Waals surface area contributed by atoms with E-state index >= 15 is 0 Å². The second-order valence-corrected chi connectivity index (χ2v) is 7.05. The quantitative estimate of drug-likeness (QED) is 0.467. The Morgan fingerprint density at radius 3 is 2.60 bits per heavy atom. The highest BCUT2D eigenvalue weighted by Gasteiger charge is 2.15. The SMILES string of the molecule is N#Cc1ccc(NC(=O)c2ccc(-c3ccc(Cl)cc3Cl)o2)c(I)c1. The number of nitrogens with one attached hydrogen (secondary N) is 1. The van der Waals surface area contributed by atoms with Gasteiger partial charge in [-0.25, -0.2) is 0 Å². The molecule has 0 radical (unpaired) electrons. The summed E-state index contributed by atoms with van der Waals surface area (Å²) < 4.78 is 6.38. The zero-order valence-corrected chi connectivity index (χ0v) is 16.2. The lowest BCUT2D eigenvalue weighted by Gasteiger charge is -2.06. The molecule has 0 saturated heterocycles. The molecule has 124 valence electrons. The Morgan fingerprint density at radius 1 is 1.12 bits per heavy atom. The molecule has 2 aromatic carbocycles. The number of amides is 1. The summed E-state index contributed by atoms with van der Waals surface area (Å²) in [5.41, 5.74) is 1.78. The van der Waals surface area contributed by atoms with E-state index in [4.69, 9.17) is 32.9 Å². The van der Waals surface area contributed by atoms with Crippen LogP contribution in [0.2, 0.25) is 10.0 Å². The molecule has 0 atom stereocenters. The van der Waals surface area contributed by atoms with Gasteiger partial charge >= 0.3 is 0 Å². The zero-order valence-electron chi connectivity index (χ0n) is 12.5. The Hall–Kier alpha value is -2.01. The van der Waals surface area contributed by atoms with Crippen LogP contribution in [-0.2, 0) is 0 Å². The van der Waals surface area contributed by atoms with E-state index in [2.05, 4.69) is 34.0 Å². The number of furan rings is 1. The van der Waals surface area contributed by atoms with Gasteiger partial charge in [-0.05, 0) is 71.1 Å². The van der Waals surface area contributed by atoms with E-state index in [1.807, 2.05) is 0 Å². The maximum absolute atomic E-state index is 12.4. The van der Waals surface area contributed by atoms with E-state index in [1.54, 1.807) is 48.5 Å². The number of benzene rings is 2. The number of nitriles is 1. The maximum atomic E-state index is 12.4. The molecule has 25 heavy (non-hydrogen) atoms. The van der Waals surface area contributed by atoms with Gasteiger partial charge in [-0.15, -0.1) is 0 Å². The number of anilines is 1. The monoisotopic (exact) mass is 482 g/mol. The van der Waals surface area contributed by atoms with Crippen molar-refractivity contribution in [1.29, 1.82) is 5.26 Å². The molecule has 0 aliphatic heterocycles. The summed E-state index contributed by atoms with van der Waals surface area (Å²) in [4.78, 5) is 12.4. The molecule has 0 saturated carbocycles. The Balaban J connectivity index is 1.82. The minimum absolute atomic E-state index is 0.154. The minimum atomic E-state index is -0.390. The number of hydrogen-bond acceptors (Lipinski definition) is 3. The lowest BCUT2D eigenvalue weighted by atomic mass is 10.2. The third-order valence-electron chi connectivity index (χ3n) is 3.37. The predicted octanol–water partition coefficient (Wildman–Crippen LogP) is 5.98. The third kappa shape index (κ3) is 3.98. The van der Waals surface area contributed by atoms with E-state index in [1.165, 1.54) is 0 Å². The molecule has 0 spiro atoms. The summed E-state index contributed by atoms with van der Waals surface area (Å²) >= 11 is 14.1. The van der Waals surface area contributed by atoms with Crippen LogP contribution in [0.25, 0.3) is 11.3 Å². The molecule has 4 nitrogen and oxygen atoms in total. The highest BCUT2D eigenvalue weighted by atomic mass is 127. The van der Waals surface area contributed by atoms with E-state index in [0.29, 0.717) is 32.6 Å². The van der Waals surface area contributed by atoms with Crippen LogP contribution in [0.4, 0.5) is 5.69 Å². The van der Waals surface area contributed by atoms with Gasteiger partial charge < -0.3 is 9.73 Å². The molecule has 1 amide bonds. The Bertz CT molecular complexity index is 1010. The summed E-state index contributed by atoms with van der Waals surface area (Å²) in [6.07, 6.45) is 0. The first-order valence-electron chi connectivity index (χ1n) is 7.04. The summed E-state index contributed by atoms with van der Waals surface area (Å²) in [6, 6.07) is 15.4. The fourth-order valence-corrected chi connectivity index (χ4v) is 3.32. The number of carbonyl (C=O) groups is 1. The molecule has 1 aromatic heterocycles. The number of hydrogen-bond donors (Lipinski definition) is 1. The van der Waals surface area contributed by atoms with Gasteiger partial charge in [0.05, 0.1) is 22.3 Å². The molecular weight excluding hydrogens is 474 g/mol. The first kappa shape index (κ1) is 17.8. The lowest BCUT2D eigenvalue weighted by Crippen LogP contribution is -2.11. The van der Waals surface area contributed by atoms with Gasteiger partial charge in [-0.2, -0.15) is 5.26 Å². The van der Waals surface area contributed by atoms with Gasteiger partial charge in [-0.1, -0.05) is 23.2 Å². The number of rotatable bonds is 3. The van der Waals surface area contributed by atoms with Gasteiger partial charge in [0.2, 0.25) is 0 Å². The fourth-order valence-electron chi connectivity index (χ4n) is 2.16. The van der Waals surface area contributed by atoms with Crippen molar-refractivity contribution in [3.05, 3.63) is 73.5 Å². The third-order valence-corrected chi connectivity index (χ3v) is 4.81. The van der Waals surface area contributed by atoms with Crippen molar-refractivity contribution in [2.75, 3.05) is 5.32 Å². The molecule has 0 aliphatic rings. The number of nitrogens with zero attached hydrogens (tertiary/aromatic N) is 1. The molecule has 0 unspecified atom stereocenters. The minimum Gasteiger partial charge on any atom is -0.451 e. The molecule has 0 aliphatic carbocycles. The van der Waals surface area contributed by atoms with Crippen molar-refractivity contribution in [2.24, 2.45) is 0 Å². The molecular formula is C18H9Cl2IN2O2. The van der Waals surface area contributed by atoms with Gasteiger partial charge in [0.1, 0.15) is 5.76 Å². The molecule has 3 aromatic rings. The second kappa shape index (κ2) is 7.48. The Morgan fingerprint density at radius 2 is 1.92 bits per heavy atom. The first-order chi connectivity index (χ1) is 12.0. The largest absolute Gasteiger partial charge is 0.451 e. The van der Waals surface area contributed by atoms with E-state index in [9.17, 15) is 4.79 Å². The normalized spacial score (nSPS) is 10.3. The first-order valence-corrected chi connectivity index (χ1v) is 8.87. The molecule has 7 heteroatoms. The molecule has 3 rings (SSSR count). The van der Waals surface area contributed by atoms with Crippen LogP contribution >= 0.6 is 45.8 Å². The van der Waals surface area contributed by atoms with Crippen molar-refractivity contribution in [1.82, 2.24) is 0 Å². The van der Waals surface area contributed by atoms with Crippen molar-refractivity contribution in [2.45, 2.75) is 0 Å². The van der Waals surface area contributed by atoms with Crippen LogP contribution in [-0.4, -0.2) is 5.91 Å². The molecule has 0 bridgehead atoms. The van der Waals surface area contributed by atoms with Gasteiger partial charge in [0.25, 0.3) is 5.91 Å². The summed E-state index contributed by atoms with van der Waals surface area (Å²) in [6.45, 7) is 0. The molecule has 1 heterocycles. The van der Waals surface area contributed by atoms with Crippen molar-refractivity contribution < 1.29 is 9.21 Å². The van der Waals surface area contributed by atoms with E-state index < -0.39 is 0 Å². The summed E-state index contributed by atoms with van der Waals surface area (Å²) in [5.74, 6) is 0.237. The average Bonchev–Trinajstić information content (AvgIpc) is 3.06. The van der Waals surface area contributed by atoms with Crippen molar-refractivity contribution >= 4 is 57.4 Å². The van der Waals surface area contributed by atoms with Crippen LogP contribution < -0.4 is 5.32 Å². The van der Waals surface area contributed by atoms with Crippen LogP contribution in [0.3, 0.4) is 0 Å². The predicted molar refractivity (Wildman–Crippen MR) is 106 cm³/mol. The smallest absolute Gasteiger partial charge is 0.291 e. The number of carbonyl (C=O) groups excluding carboxylic acids is 1. The van der Waals surface area contributed by atoms with Gasteiger partial charge in [0, 0.05) is 14.2 Å². The lowest BCUT2D eigenvalue weighted by molar-refractivity contribution is 0.0997. The average molecular weight is 483 g/mol. The van der Waals surface area contributed by atoms with E-state index in [0.717, 1.165) is 3.57 Å². The van der Waals surface area contributed by atoms with Crippen molar-refractivity contribution in [3.63, 3.8) is 0 Å².